The van der Waals surface area contributed by atoms with Crippen molar-refractivity contribution in [3.63, 3.8) is 0 Å². The fourth-order valence-electron chi connectivity index (χ4n) is 3.89. The summed E-state index contributed by atoms with van der Waals surface area (Å²) in [4.78, 5) is 27.0. The molecular weight excluding hydrogens is 388 g/mol. The van der Waals surface area contributed by atoms with Gasteiger partial charge in [-0.15, -0.1) is 0 Å². The molecule has 0 radical (unpaired) electrons. The maximum Gasteiger partial charge on any atom is 0.227 e. The molecule has 0 unspecified atom stereocenters. The summed E-state index contributed by atoms with van der Waals surface area (Å²) in [7, 11) is 0. The van der Waals surface area contributed by atoms with Crippen molar-refractivity contribution in [3.8, 4) is 5.75 Å². The van der Waals surface area contributed by atoms with E-state index in [1.807, 2.05) is 60.7 Å². The number of benzene rings is 3. The highest BCUT2D eigenvalue weighted by molar-refractivity contribution is 5.97. The highest BCUT2D eigenvalue weighted by Gasteiger charge is 2.23. The Labute approximate surface area is 182 Å². The lowest BCUT2D eigenvalue weighted by Crippen LogP contribution is -2.38. The Morgan fingerprint density at radius 1 is 0.839 bits per heavy atom. The molecule has 5 heteroatoms. The first-order chi connectivity index (χ1) is 15.2. The third kappa shape index (κ3) is 5.12. The third-order valence-corrected chi connectivity index (χ3v) is 5.50. The molecule has 5 nitrogen and oxygen atoms in total. The molecule has 31 heavy (non-hydrogen) atoms. The second kappa shape index (κ2) is 9.94. The van der Waals surface area contributed by atoms with Gasteiger partial charge in [-0.25, -0.2) is 0 Å². The highest BCUT2D eigenvalue weighted by Crippen LogP contribution is 2.31. The van der Waals surface area contributed by atoms with Crippen LogP contribution >= 0.6 is 0 Å². The van der Waals surface area contributed by atoms with Gasteiger partial charge in [-0.05, 0) is 23.3 Å². The van der Waals surface area contributed by atoms with Crippen LogP contribution in [0.2, 0.25) is 0 Å². The predicted molar refractivity (Wildman–Crippen MR) is 121 cm³/mol. The lowest BCUT2D eigenvalue weighted by Gasteiger charge is -2.29. The molecule has 0 aromatic heterocycles. The Bertz CT molecular complexity index is 982. The smallest absolute Gasteiger partial charge is 0.227 e. The van der Waals surface area contributed by atoms with Crippen molar-refractivity contribution in [3.05, 3.63) is 96.1 Å². The fourth-order valence-corrected chi connectivity index (χ4v) is 3.89. The minimum atomic E-state index is -0.119. The summed E-state index contributed by atoms with van der Waals surface area (Å²) in [5, 5.41) is 3.02. The summed E-state index contributed by atoms with van der Waals surface area (Å²) >= 11 is 0. The van der Waals surface area contributed by atoms with Crippen LogP contribution in [0.1, 0.15) is 29.9 Å². The second-order valence-corrected chi connectivity index (χ2v) is 7.54. The molecule has 158 valence electrons. The lowest BCUT2D eigenvalue weighted by molar-refractivity contribution is -0.125. The van der Waals surface area contributed by atoms with Crippen molar-refractivity contribution in [2.45, 2.75) is 18.8 Å². The van der Waals surface area contributed by atoms with Crippen LogP contribution in [0.25, 0.3) is 0 Å². The fraction of sp³-hybridized carbons (Fsp3) is 0.231. The van der Waals surface area contributed by atoms with Crippen LogP contribution in [0, 0.1) is 0 Å². The van der Waals surface area contributed by atoms with Gasteiger partial charge in [0.2, 0.25) is 11.8 Å². The number of nitrogens with one attached hydrogen (secondary N) is 1. The van der Waals surface area contributed by atoms with Crippen LogP contribution in [-0.4, -0.2) is 31.5 Å². The summed E-state index contributed by atoms with van der Waals surface area (Å²) in [5.41, 5.74) is 3.07. The molecule has 0 fully saturated rings. The molecule has 0 bridgehead atoms. The zero-order valence-electron chi connectivity index (χ0n) is 17.4. The van der Waals surface area contributed by atoms with Gasteiger partial charge in [0.05, 0.1) is 12.2 Å². The molecule has 0 saturated heterocycles. The van der Waals surface area contributed by atoms with Gasteiger partial charge in [0.25, 0.3) is 0 Å². The Hall–Kier alpha value is -3.60. The Morgan fingerprint density at radius 3 is 2.13 bits per heavy atom. The molecule has 1 aliphatic heterocycles. The number of hydrogen-bond acceptors (Lipinski definition) is 3. The summed E-state index contributed by atoms with van der Waals surface area (Å²) < 4.78 is 5.61. The first-order valence-corrected chi connectivity index (χ1v) is 10.6. The number of fused-ring (bicyclic) bond motifs is 1. The van der Waals surface area contributed by atoms with Crippen molar-refractivity contribution in [2.24, 2.45) is 0 Å². The topological polar surface area (TPSA) is 58.6 Å². The van der Waals surface area contributed by atoms with Crippen LogP contribution in [0.3, 0.4) is 0 Å². The van der Waals surface area contributed by atoms with Gasteiger partial charge in [0, 0.05) is 25.3 Å². The van der Waals surface area contributed by atoms with E-state index in [1.165, 1.54) is 0 Å². The Kier molecular flexibility index (Phi) is 6.62. The zero-order chi connectivity index (χ0) is 21.5. The van der Waals surface area contributed by atoms with Crippen molar-refractivity contribution >= 4 is 17.5 Å². The van der Waals surface area contributed by atoms with Crippen molar-refractivity contribution in [2.75, 3.05) is 24.6 Å². The van der Waals surface area contributed by atoms with Crippen LogP contribution in [0.4, 0.5) is 5.69 Å². The molecule has 0 aliphatic carbocycles. The monoisotopic (exact) mass is 414 g/mol. The maximum absolute atomic E-state index is 12.7. The lowest BCUT2D eigenvalue weighted by atomic mass is 9.91. The molecule has 1 aliphatic rings. The van der Waals surface area contributed by atoms with Gasteiger partial charge in [-0.1, -0.05) is 72.8 Å². The zero-order valence-corrected chi connectivity index (χ0v) is 17.4. The van der Waals surface area contributed by atoms with E-state index >= 15 is 0 Å². The summed E-state index contributed by atoms with van der Waals surface area (Å²) in [6, 6.07) is 27.8. The van der Waals surface area contributed by atoms with Crippen molar-refractivity contribution < 1.29 is 14.3 Å². The molecule has 3 aromatic rings. The first-order valence-electron chi connectivity index (χ1n) is 10.6. The van der Waals surface area contributed by atoms with E-state index in [9.17, 15) is 9.59 Å². The summed E-state index contributed by atoms with van der Waals surface area (Å²) in [6.45, 7) is 1.45. The SMILES string of the molecule is O=C(CCC(=O)N1CCOc2ccccc21)NCC(c1ccccc1)c1ccccc1. The van der Waals surface area contributed by atoms with Crippen molar-refractivity contribution in [1.82, 2.24) is 5.32 Å². The summed E-state index contributed by atoms with van der Waals surface area (Å²) in [6.07, 6.45) is 0.330. The Morgan fingerprint density at radius 2 is 1.45 bits per heavy atom. The van der Waals surface area contributed by atoms with Gasteiger partial charge in [0.15, 0.2) is 0 Å². The van der Waals surface area contributed by atoms with Crippen LogP contribution < -0.4 is 15.0 Å². The summed E-state index contributed by atoms with van der Waals surface area (Å²) in [5.74, 6) is 0.591. The standard InChI is InChI=1S/C26H26N2O3/c29-25(15-16-26(30)28-17-18-31-24-14-8-7-13-23(24)28)27-19-22(20-9-3-1-4-10-20)21-11-5-2-6-12-21/h1-14,22H,15-19H2,(H,27,29). The highest BCUT2D eigenvalue weighted by atomic mass is 16.5. The van der Waals surface area contributed by atoms with E-state index in [4.69, 9.17) is 4.74 Å². The number of carbonyl (C=O) groups is 2. The number of rotatable bonds is 7. The minimum Gasteiger partial charge on any atom is -0.490 e. The molecule has 0 spiro atoms. The van der Waals surface area contributed by atoms with E-state index in [-0.39, 0.29) is 30.6 Å². The number of hydrogen-bond donors (Lipinski definition) is 1. The van der Waals surface area contributed by atoms with Crippen LogP contribution in [-0.2, 0) is 9.59 Å². The number of anilines is 1. The first kappa shape index (κ1) is 20.7. The number of amides is 2. The number of nitrogens with zero attached hydrogens (tertiary/aromatic N) is 1. The van der Waals surface area contributed by atoms with Gasteiger partial charge in [-0.2, -0.15) is 0 Å². The average molecular weight is 415 g/mol. The minimum absolute atomic E-state index is 0.0615. The quantitative estimate of drug-likeness (QED) is 0.632. The predicted octanol–water partition coefficient (Wildman–Crippen LogP) is 4.14. The molecule has 4 rings (SSSR count). The normalized spacial score (nSPS) is 12.7. The number of carbonyl (C=O) groups excluding carboxylic acids is 2. The van der Waals surface area contributed by atoms with E-state index < -0.39 is 0 Å². The van der Waals surface area contributed by atoms with Crippen molar-refractivity contribution in [1.29, 1.82) is 0 Å². The molecule has 3 aromatic carbocycles. The molecule has 2 amide bonds. The molecule has 1 N–H and O–H groups in total. The second-order valence-electron chi connectivity index (χ2n) is 7.54. The van der Waals surface area contributed by atoms with Gasteiger partial charge >= 0.3 is 0 Å². The largest absolute Gasteiger partial charge is 0.490 e. The van der Waals surface area contributed by atoms with Crippen LogP contribution in [0.15, 0.2) is 84.9 Å². The number of para-hydroxylation sites is 2. The average Bonchev–Trinajstić information content (AvgIpc) is 2.83. The van der Waals surface area contributed by atoms with E-state index in [0.717, 1.165) is 16.8 Å². The number of ether oxygens (including phenoxy) is 1. The van der Waals surface area contributed by atoms with Gasteiger partial charge in [0.1, 0.15) is 12.4 Å². The van der Waals surface area contributed by atoms with E-state index in [2.05, 4.69) is 29.6 Å². The third-order valence-electron chi connectivity index (χ3n) is 5.50. The van der Waals surface area contributed by atoms with Gasteiger partial charge in [-0.3, -0.25) is 9.59 Å². The van der Waals surface area contributed by atoms with Crippen LogP contribution in [0.5, 0.6) is 5.75 Å². The van der Waals surface area contributed by atoms with Gasteiger partial charge < -0.3 is 15.0 Å². The molecule has 0 atom stereocenters. The molecular formula is C26H26N2O3. The van der Waals surface area contributed by atoms with E-state index in [1.54, 1.807) is 4.90 Å². The maximum atomic E-state index is 12.7. The Balaban J connectivity index is 1.35. The molecule has 1 heterocycles. The van der Waals surface area contributed by atoms with E-state index in [0.29, 0.717) is 25.4 Å². The molecule has 0 saturated carbocycles.